The average molecular weight is 196 g/mol. The number of carboxylic acids is 1. The second-order valence-electron chi connectivity index (χ2n) is 3.27. The molecule has 2 heterocycles. The molecule has 0 atom stereocenters. The molecule has 5 heteroatoms. The van der Waals surface area contributed by atoms with E-state index in [0.717, 1.165) is 5.56 Å². The first-order valence-electron chi connectivity index (χ1n) is 4.26. The SMILES string of the molecule is Cc1ccc2nc(C)c(C(=O)[O-])n2c1.[Li+]. The molecule has 0 spiro atoms. The standard InChI is InChI=1S/C10H10N2O2.Li/c1-6-3-4-8-11-7(2)9(10(13)14)12(8)5-6;/h3-5H,1-2H3,(H,13,14);/q;+1/p-1. The number of nitrogens with zero attached hydrogens (tertiary/aromatic N) is 2. The number of rotatable bonds is 1. The number of carboxylic acid groups (broad SMARTS) is 1. The van der Waals surface area contributed by atoms with E-state index in [4.69, 9.17) is 0 Å². The number of imidazole rings is 1. The molecule has 0 radical (unpaired) electrons. The molecule has 0 aliphatic carbocycles. The maximum absolute atomic E-state index is 10.8. The third-order valence-electron chi connectivity index (χ3n) is 2.13. The number of hydrogen-bond acceptors (Lipinski definition) is 3. The summed E-state index contributed by atoms with van der Waals surface area (Å²) in [5, 5.41) is 10.8. The first-order chi connectivity index (χ1) is 6.59. The van der Waals surface area contributed by atoms with Crippen LogP contribution in [0.1, 0.15) is 21.7 Å². The van der Waals surface area contributed by atoms with Crippen molar-refractivity contribution in [3.05, 3.63) is 35.3 Å². The zero-order chi connectivity index (χ0) is 10.3. The Hall–Kier alpha value is -1.24. The van der Waals surface area contributed by atoms with E-state index in [2.05, 4.69) is 4.98 Å². The van der Waals surface area contributed by atoms with Crippen LogP contribution in [-0.4, -0.2) is 15.4 Å². The number of carbonyl (C=O) groups is 1. The Morgan fingerprint density at radius 1 is 1.40 bits per heavy atom. The molecular weight excluding hydrogens is 187 g/mol. The van der Waals surface area contributed by atoms with Crippen molar-refractivity contribution < 1.29 is 28.8 Å². The van der Waals surface area contributed by atoms with E-state index in [1.165, 1.54) is 0 Å². The number of hydrogen-bond donors (Lipinski definition) is 0. The Morgan fingerprint density at radius 2 is 2.07 bits per heavy atom. The van der Waals surface area contributed by atoms with Crippen molar-refractivity contribution in [2.75, 3.05) is 0 Å². The number of aromatic nitrogens is 2. The van der Waals surface area contributed by atoms with E-state index in [1.54, 1.807) is 23.6 Å². The van der Waals surface area contributed by atoms with Crippen LogP contribution < -0.4 is 24.0 Å². The van der Waals surface area contributed by atoms with Crippen LogP contribution in [0.4, 0.5) is 0 Å². The van der Waals surface area contributed by atoms with Crippen molar-refractivity contribution in [3.63, 3.8) is 0 Å². The van der Waals surface area contributed by atoms with Gasteiger partial charge in [0.1, 0.15) is 5.65 Å². The summed E-state index contributed by atoms with van der Waals surface area (Å²) in [6, 6.07) is 3.68. The first-order valence-corrected chi connectivity index (χ1v) is 4.26. The van der Waals surface area contributed by atoms with Crippen LogP contribution in [-0.2, 0) is 0 Å². The summed E-state index contributed by atoms with van der Waals surface area (Å²) >= 11 is 0. The Labute approximate surface area is 99.1 Å². The number of carbonyl (C=O) groups excluding carboxylic acids is 1. The van der Waals surface area contributed by atoms with Gasteiger partial charge in [0.2, 0.25) is 0 Å². The van der Waals surface area contributed by atoms with Gasteiger partial charge in [0, 0.05) is 6.20 Å². The van der Waals surface area contributed by atoms with Crippen LogP contribution in [0.5, 0.6) is 0 Å². The molecule has 0 aromatic carbocycles. The summed E-state index contributed by atoms with van der Waals surface area (Å²) in [5.74, 6) is -1.19. The average Bonchev–Trinajstić information content (AvgIpc) is 2.40. The number of aryl methyl sites for hydroxylation is 2. The summed E-state index contributed by atoms with van der Waals surface area (Å²) in [4.78, 5) is 15.0. The first kappa shape index (κ1) is 11.8. The monoisotopic (exact) mass is 196 g/mol. The molecular formula is C10H9LiN2O2. The molecule has 72 valence electrons. The molecule has 2 aromatic heterocycles. The smallest absolute Gasteiger partial charge is 0.543 e. The molecule has 0 saturated carbocycles. The van der Waals surface area contributed by atoms with Crippen molar-refractivity contribution >= 4 is 11.6 Å². The normalized spacial score (nSPS) is 10.0. The summed E-state index contributed by atoms with van der Waals surface area (Å²) in [7, 11) is 0. The summed E-state index contributed by atoms with van der Waals surface area (Å²) < 4.78 is 1.54. The van der Waals surface area contributed by atoms with E-state index < -0.39 is 5.97 Å². The minimum atomic E-state index is -1.19. The van der Waals surface area contributed by atoms with Crippen molar-refractivity contribution in [2.45, 2.75) is 13.8 Å². The molecule has 0 unspecified atom stereocenters. The van der Waals surface area contributed by atoms with Gasteiger partial charge in [-0.25, -0.2) is 4.98 Å². The molecule has 0 amide bonds. The molecule has 2 aromatic rings. The molecule has 0 N–H and O–H groups in total. The summed E-state index contributed by atoms with van der Waals surface area (Å²) in [6.07, 6.45) is 1.74. The van der Waals surface area contributed by atoms with Crippen LogP contribution in [0.2, 0.25) is 0 Å². The predicted octanol–water partition coefficient (Wildman–Crippen LogP) is -2.68. The van der Waals surface area contributed by atoms with Crippen LogP contribution in [0, 0.1) is 13.8 Å². The second-order valence-corrected chi connectivity index (χ2v) is 3.27. The third kappa shape index (κ3) is 1.92. The summed E-state index contributed by atoms with van der Waals surface area (Å²) in [5.41, 5.74) is 2.23. The molecule has 2 rings (SSSR count). The van der Waals surface area contributed by atoms with Crippen LogP contribution in [0.15, 0.2) is 18.3 Å². The number of aromatic carboxylic acids is 1. The Bertz CT molecular complexity index is 519. The van der Waals surface area contributed by atoms with E-state index >= 15 is 0 Å². The van der Waals surface area contributed by atoms with E-state index in [9.17, 15) is 9.90 Å². The minimum absolute atomic E-state index is 0. The van der Waals surface area contributed by atoms with Gasteiger partial charge in [-0.05, 0) is 25.5 Å². The third-order valence-corrected chi connectivity index (χ3v) is 2.13. The van der Waals surface area contributed by atoms with Crippen LogP contribution >= 0.6 is 0 Å². The second kappa shape index (κ2) is 4.09. The largest absolute Gasteiger partial charge is 1.00 e. The minimum Gasteiger partial charge on any atom is -0.543 e. The maximum Gasteiger partial charge on any atom is 1.00 e. The van der Waals surface area contributed by atoms with Gasteiger partial charge in [0.05, 0.1) is 17.4 Å². The number of fused-ring (bicyclic) bond motifs is 1. The van der Waals surface area contributed by atoms with Gasteiger partial charge < -0.3 is 9.90 Å². The molecule has 0 aliphatic heterocycles. The molecule has 0 saturated heterocycles. The molecule has 0 bridgehead atoms. The Morgan fingerprint density at radius 3 is 2.67 bits per heavy atom. The predicted molar refractivity (Wildman–Crippen MR) is 49.0 cm³/mol. The van der Waals surface area contributed by atoms with Crippen molar-refractivity contribution in [2.24, 2.45) is 0 Å². The Balaban J connectivity index is 0.00000112. The van der Waals surface area contributed by atoms with Crippen molar-refractivity contribution in [3.8, 4) is 0 Å². The molecule has 0 aliphatic rings. The zero-order valence-corrected chi connectivity index (χ0v) is 8.94. The topological polar surface area (TPSA) is 57.4 Å². The van der Waals surface area contributed by atoms with E-state index in [0.29, 0.717) is 11.3 Å². The molecule has 15 heavy (non-hydrogen) atoms. The maximum atomic E-state index is 10.8. The quantitative estimate of drug-likeness (QED) is 0.467. The van der Waals surface area contributed by atoms with Gasteiger partial charge in [0.15, 0.2) is 0 Å². The molecule has 0 fully saturated rings. The van der Waals surface area contributed by atoms with Crippen LogP contribution in [0.25, 0.3) is 5.65 Å². The van der Waals surface area contributed by atoms with Crippen molar-refractivity contribution in [1.82, 2.24) is 9.38 Å². The van der Waals surface area contributed by atoms with Gasteiger partial charge in [0.25, 0.3) is 0 Å². The Kier molecular flexibility index (Phi) is 3.23. The zero-order valence-electron chi connectivity index (χ0n) is 8.94. The van der Waals surface area contributed by atoms with Gasteiger partial charge in [-0.15, -0.1) is 0 Å². The number of pyridine rings is 1. The molecule has 4 nitrogen and oxygen atoms in total. The van der Waals surface area contributed by atoms with Gasteiger partial charge in [-0.1, -0.05) is 6.07 Å². The fourth-order valence-electron chi connectivity index (χ4n) is 1.51. The van der Waals surface area contributed by atoms with E-state index in [-0.39, 0.29) is 24.6 Å². The fourth-order valence-corrected chi connectivity index (χ4v) is 1.51. The van der Waals surface area contributed by atoms with Gasteiger partial charge >= 0.3 is 18.9 Å². The van der Waals surface area contributed by atoms with Crippen LogP contribution in [0.3, 0.4) is 0 Å². The van der Waals surface area contributed by atoms with Gasteiger partial charge in [-0.3, -0.25) is 4.40 Å². The van der Waals surface area contributed by atoms with Crippen molar-refractivity contribution in [1.29, 1.82) is 0 Å². The fraction of sp³-hybridized carbons (Fsp3) is 0.200. The van der Waals surface area contributed by atoms with Gasteiger partial charge in [-0.2, -0.15) is 0 Å². The summed E-state index contributed by atoms with van der Waals surface area (Å²) in [6.45, 7) is 3.56. The van der Waals surface area contributed by atoms with E-state index in [1.807, 2.05) is 13.0 Å².